The van der Waals surface area contributed by atoms with Gasteiger partial charge in [-0.05, 0) is 49.8 Å². The van der Waals surface area contributed by atoms with Crippen LogP contribution in [0.5, 0.6) is 0 Å². The number of amides is 1. The first-order valence-corrected chi connectivity index (χ1v) is 12.4. The van der Waals surface area contributed by atoms with Crippen LogP contribution in [0, 0.1) is 5.92 Å². The maximum Gasteiger partial charge on any atom is 0.341 e. The molecular weight excluding hydrogens is 470 g/mol. The molecule has 1 aliphatic carbocycles. The Morgan fingerprint density at radius 3 is 2.83 bits per heavy atom. The fraction of sp³-hybridized carbons (Fsp3) is 0.400. The summed E-state index contributed by atoms with van der Waals surface area (Å²) in [6.07, 6.45) is 2.70. The highest BCUT2D eigenvalue weighted by atomic mass is 32.1. The summed E-state index contributed by atoms with van der Waals surface area (Å²) >= 11 is 1.38. The van der Waals surface area contributed by atoms with Crippen molar-refractivity contribution in [3.05, 3.63) is 56.4 Å². The van der Waals surface area contributed by atoms with Crippen LogP contribution in [0.1, 0.15) is 53.3 Å². The Balaban J connectivity index is 1.35. The Morgan fingerprint density at radius 2 is 2.03 bits per heavy atom. The van der Waals surface area contributed by atoms with E-state index in [1.54, 1.807) is 31.2 Å². The molecule has 0 bridgehead atoms. The van der Waals surface area contributed by atoms with Gasteiger partial charge in [-0.3, -0.25) is 14.4 Å². The minimum Gasteiger partial charge on any atom is -0.462 e. The first-order valence-electron chi connectivity index (χ1n) is 11.6. The van der Waals surface area contributed by atoms with E-state index in [0.29, 0.717) is 33.2 Å². The molecule has 2 aromatic heterocycles. The number of nitrogens with zero attached hydrogens (tertiary/aromatic N) is 1. The molecule has 3 aromatic rings. The Kier molecular flexibility index (Phi) is 7.60. The van der Waals surface area contributed by atoms with Gasteiger partial charge in [-0.2, -0.15) is 0 Å². The molecule has 1 aliphatic rings. The van der Waals surface area contributed by atoms with Gasteiger partial charge in [-0.1, -0.05) is 19.1 Å². The van der Waals surface area contributed by atoms with E-state index in [2.05, 4.69) is 22.2 Å². The molecule has 2 N–H and O–H groups in total. The second-order valence-electron chi connectivity index (χ2n) is 8.51. The molecule has 4 rings (SSSR count). The maximum absolute atomic E-state index is 12.6. The van der Waals surface area contributed by atoms with Gasteiger partial charge in [0.15, 0.2) is 6.61 Å². The van der Waals surface area contributed by atoms with Gasteiger partial charge < -0.3 is 19.8 Å². The molecule has 1 amide bonds. The Hall–Kier alpha value is -3.53. The Morgan fingerprint density at radius 1 is 1.23 bits per heavy atom. The summed E-state index contributed by atoms with van der Waals surface area (Å²) in [4.78, 5) is 57.5. The molecule has 0 saturated carbocycles. The van der Waals surface area contributed by atoms with Crippen LogP contribution < -0.4 is 10.9 Å². The van der Waals surface area contributed by atoms with Crippen LogP contribution in [-0.2, 0) is 38.3 Å². The fourth-order valence-corrected chi connectivity index (χ4v) is 5.53. The first-order chi connectivity index (χ1) is 16.9. The number of aromatic nitrogens is 2. The molecule has 2 heterocycles. The number of fused-ring (bicyclic) bond motifs is 2. The second-order valence-corrected chi connectivity index (χ2v) is 9.62. The minimum atomic E-state index is -0.596. The minimum absolute atomic E-state index is 0.0478. The number of aromatic amines is 1. The van der Waals surface area contributed by atoms with Crippen LogP contribution in [0.2, 0.25) is 0 Å². The molecule has 0 radical (unpaired) electrons. The van der Waals surface area contributed by atoms with Crippen LogP contribution in [0.3, 0.4) is 0 Å². The largest absolute Gasteiger partial charge is 0.462 e. The van der Waals surface area contributed by atoms with Crippen LogP contribution in [-0.4, -0.2) is 41.0 Å². The standard InChI is InChI=1S/C25H27N3O6S/c1-3-33-25(32)22-16-9-8-14(2)12-18(16)35-24(22)28-20(29)13-34-21(30)11-10-19-26-17-7-5-4-6-15(17)23(31)27-19/h4-7,14H,3,8-13H2,1-2H3,(H,28,29)(H,26,27,31). The van der Waals surface area contributed by atoms with Gasteiger partial charge in [0.05, 0.1) is 29.5 Å². The van der Waals surface area contributed by atoms with E-state index in [4.69, 9.17) is 9.47 Å². The summed E-state index contributed by atoms with van der Waals surface area (Å²) in [7, 11) is 0. The zero-order chi connectivity index (χ0) is 24.9. The van der Waals surface area contributed by atoms with Gasteiger partial charge >= 0.3 is 11.9 Å². The van der Waals surface area contributed by atoms with E-state index in [-0.39, 0.29) is 25.0 Å². The number of anilines is 1. The Bertz CT molecular complexity index is 1330. The van der Waals surface area contributed by atoms with E-state index in [9.17, 15) is 19.2 Å². The van der Waals surface area contributed by atoms with Crippen LogP contribution in [0.25, 0.3) is 10.9 Å². The second kappa shape index (κ2) is 10.8. The summed E-state index contributed by atoms with van der Waals surface area (Å²) in [5.74, 6) is -0.710. The molecule has 184 valence electrons. The smallest absolute Gasteiger partial charge is 0.341 e. The third-order valence-electron chi connectivity index (χ3n) is 5.84. The predicted molar refractivity (Wildman–Crippen MR) is 132 cm³/mol. The molecule has 0 spiro atoms. The monoisotopic (exact) mass is 497 g/mol. The maximum atomic E-state index is 12.6. The fourth-order valence-electron chi connectivity index (χ4n) is 4.11. The van der Waals surface area contributed by atoms with E-state index in [1.165, 1.54) is 11.3 Å². The number of rotatable bonds is 8. The third-order valence-corrected chi connectivity index (χ3v) is 7.01. The zero-order valence-electron chi connectivity index (χ0n) is 19.6. The number of ether oxygens (including phenoxy) is 2. The first kappa shape index (κ1) is 24.6. The summed E-state index contributed by atoms with van der Waals surface area (Å²) in [6, 6.07) is 6.94. The SMILES string of the molecule is CCOC(=O)c1c(NC(=O)COC(=O)CCc2nc3ccccc3c(=O)[nH]2)sc2c1CCC(C)C2. The molecule has 0 fully saturated rings. The number of benzene rings is 1. The van der Waals surface area contributed by atoms with E-state index in [0.717, 1.165) is 29.7 Å². The van der Waals surface area contributed by atoms with Crippen molar-refractivity contribution in [1.29, 1.82) is 0 Å². The average molecular weight is 498 g/mol. The van der Waals surface area contributed by atoms with Crippen LogP contribution >= 0.6 is 11.3 Å². The Labute approximate surface area is 205 Å². The van der Waals surface area contributed by atoms with Crippen molar-refractivity contribution in [3.63, 3.8) is 0 Å². The number of esters is 2. The van der Waals surface area contributed by atoms with Crippen molar-refractivity contribution >= 4 is 45.1 Å². The highest BCUT2D eigenvalue weighted by Gasteiger charge is 2.29. The van der Waals surface area contributed by atoms with Crippen molar-refractivity contribution in [1.82, 2.24) is 9.97 Å². The summed E-state index contributed by atoms with van der Waals surface area (Å²) in [6.45, 7) is 3.65. The highest BCUT2D eigenvalue weighted by molar-refractivity contribution is 7.17. The van der Waals surface area contributed by atoms with Crippen molar-refractivity contribution in [3.8, 4) is 0 Å². The average Bonchev–Trinajstić information content (AvgIpc) is 3.18. The van der Waals surface area contributed by atoms with E-state index < -0.39 is 24.5 Å². The van der Waals surface area contributed by atoms with Crippen molar-refractivity contribution in [2.24, 2.45) is 5.92 Å². The van der Waals surface area contributed by atoms with Crippen molar-refractivity contribution in [2.75, 3.05) is 18.5 Å². The van der Waals surface area contributed by atoms with Gasteiger partial charge in [0.25, 0.3) is 11.5 Å². The summed E-state index contributed by atoms with van der Waals surface area (Å²) < 4.78 is 10.3. The predicted octanol–water partition coefficient (Wildman–Crippen LogP) is 3.40. The number of H-pyrrole nitrogens is 1. The number of hydrogen-bond donors (Lipinski definition) is 2. The number of para-hydroxylation sites is 1. The lowest BCUT2D eigenvalue weighted by Gasteiger charge is -2.18. The van der Waals surface area contributed by atoms with E-state index in [1.807, 2.05) is 0 Å². The molecule has 1 atom stereocenters. The number of thiophene rings is 1. The molecule has 1 aromatic carbocycles. The molecule has 10 heteroatoms. The van der Waals surface area contributed by atoms with Gasteiger partial charge in [0.1, 0.15) is 10.8 Å². The lowest BCUT2D eigenvalue weighted by molar-refractivity contribution is -0.147. The van der Waals surface area contributed by atoms with Gasteiger partial charge in [0, 0.05) is 11.3 Å². The quantitative estimate of drug-likeness (QED) is 0.457. The third kappa shape index (κ3) is 5.76. The number of nitrogens with one attached hydrogen (secondary N) is 2. The zero-order valence-corrected chi connectivity index (χ0v) is 20.5. The molecule has 35 heavy (non-hydrogen) atoms. The summed E-state index contributed by atoms with van der Waals surface area (Å²) in [5.41, 5.74) is 1.62. The summed E-state index contributed by atoms with van der Waals surface area (Å²) in [5, 5.41) is 3.63. The normalized spacial score (nSPS) is 14.9. The molecule has 0 aliphatic heterocycles. The van der Waals surface area contributed by atoms with Gasteiger partial charge in [-0.15, -0.1) is 11.3 Å². The van der Waals surface area contributed by atoms with Crippen molar-refractivity contribution in [2.45, 2.75) is 46.0 Å². The van der Waals surface area contributed by atoms with Crippen molar-refractivity contribution < 1.29 is 23.9 Å². The van der Waals surface area contributed by atoms with Gasteiger partial charge in [0.2, 0.25) is 0 Å². The van der Waals surface area contributed by atoms with E-state index >= 15 is 0 Å². The number of hydrogen-bond acceptors (Lipinski definition) is 8. The molecule has 9 nitrogen and oxygen atoms in total. The van der Waals surface area contributed by atoms with Gasteiger partial charge in [-0.25, -0.2) is 9.78 Å². The highest BCUT2D eigenvalue weighted by Crippen LogP contribution is 2.40. The molecule has 0 saturated heterocycles. The lowest BCUT2D eigenvalue weighted by Crippen LogP contribution is -2.22. The number of aryl methyl sites for hydroxylation is 1. The van der Waals surface area contributed by atoms with Crippen LogP contribution in [0.15, 0.2) is 29.1 Å². The topological polar surface area (TPSA) is 127 Å². The number of carbonyl (C=O) groups excluding carboxylic acids is 3. The molecule has 1 unspecified atom stereocenters. The lowest BCUT2D eigenvalue weighted by atomic mass is 9.88. The number of carbonyl (C=O) groups is 3. The molecular formula is C25H27N3O6S. The van der Waals surface area contributed by atoms with Crippen LogP contribution in [0.4, 0.5) is 5.00 Å².